The molecule has 2 aliphatic heterocycles. The number of ether oxygens (including phenoxy) is 1. The molecule has 0 unspecified atom stereocenters. The number of hydrogen-bond donors (Lipinski definition) is 2. The van der Waals surface area contributed by atoms with Gasteiger partial charge in [-0.05, 0) is 49.2 Å². The Hall–Kier alpha value is -3.08. The molecule has 0 radical (unpaired) electrons. The van der Waals surface area contributed by atoms with Crippen LogP contribution in [0.3, 0.4) is 0 Å². The molecule has 7 nitrogen and oxygen atoms in total. The standard InChI is InChI=1S/C27H30ClF3N6O/c28-23-16-20(5-6-25(23)38-14-2-10-36-12-8-32-9-13-36)35-26-22-7-11-37(17-24(22)33-18-34-26)21-4-1-3-19(15-21)27(29,30)31/h1,3-6,15-16,18,32H,2,7-14,17H2,(H,33,34,35). The number of hydrogen-bond acceptors (Lipinski definition) is 7. The maximum Gasteiger partial charge on any atom is 0.416 e. The third kappa shape index (κ3) is 6.48. The Kier molecular flexibility index (Phi) is 8.21. The van der Waals surface area contributed by atoms with Crippen LogP contribution in [0.5, 0.6) is 5.75 Å². The van der Waals surface area contributed by atoms with Gasteiger partial charge in [-0.3, -0.25) is 0 Å². The molecule has 2 N–H and O–H groups in total. The molecule has 2 aliphatic rings. The second-order valence-electron chi connectivity index (χ2n) is 9.43. The third-order valence-electron chi connectivity index (χ3n) is 6.83. The zero-order chi connectivity index (χ0) is 26.5. The minimum absolute atomic E-state index is 0.398. The summed E-state index contributed by atoms with van der Waals surface area (Å²) in [4.78, 5) is 13.2. The minimum atomic E-state index is -4.38. The summed E-state index contributed by atoms with van der Waals surface area (Å²) in [6.45, 7) is 6.75. The van der Waals surface area contributed by atoms with Crippen LogP contribution in [-0.4, -0.2) is 60.7 Å². The summed E-state index contributed by atoms with van der Waals surface area (Å²) in [5.41, 5.74) is 2.36. The molecule has 3 aromatic rings. The summed E-state index contributed by atoms with van der Waals surface area (Å²) >= 11 is 6.50. The monoisotopic (exact) mass is 546 g/mol. The zero-order valence-corrected chi connectivity index (χ0v) is 21.7. The molecular weight excluding hydrogens is 517 g/mol. The van der Waals surface area contributed by atoms with Gasteiger partial charge in [-0.25, -0.2) is 9.97 Å². The van der Waals surface area contributed by atoms with Crippen LogP contribution >= 0.6 is 11.6 Å². The second kappa shape index (κ2) is 11.8. The summed E-state index contributed by atoms with van der Waals surface area (Å²) in [7, 11) is 0. The molecule has 5 rings (SSSR count). The summed E-state index contributed by atoms with van der Waals surface area (Å²) in [5, 5.41) is 7.19. The Morgan fingerprint density at radius 3 is 2.68 bits per heavy atom. The van der Waals surface area contributed by atoms with Crippen LogP contribution in [-0.2, 0) is 19.1 Å². The molecular formula is C27H30ClF3N6O. The van der Waals surface area contributed by atoms with Crippen LogP contribution < -0.4 is 20.3 Å². The summed E-state index contributed by atoms with van der Waals surface area (Å²) in [6.07, 6.45) is -1.39. The molecule has 1 aromatic heterocycles. The van der Waals surface area contributed by atoms with Crippen LogP contribution in [0, 0.1) is 0 Å². The number of anilines is 3. The van der Waals surface area contributed by atoms with Crippen molar-refractivity contribution in [3.05, 3.63) is 70.6 Å². The molecule has 0 atom stereocenters. The summed E-state index contributed by atoms with van der Waals surface area (Å²) in [6, 6.07) is 10.9. The van der Waals surface area contributed by atoms with Crippen molar-refractivity contribution in [2.45, 2.75) is 25.6 Å². The van der Waals surface area contributed by atoms with Gasteiger partial charge in [0.25, 0.3) is 0 Å². The fourth-order valence-corrected chi connectivity index (χ4v) is 5.03. The van der Waals surface area contributed by atoms with Crippen molar-refractivity contribution in [3.8, 4) is 5.75 Å². The van der Waals surface area contributed by atoms with Crippen LogP contribution in [0.1, 0.15) is 23.2 Å². The molecule has 11 heteroatoms. The third-order valence-corrected chi connectivity index (χ3v) is 7.12. The van der Waals surface area contributed by atoms with E-state index in [1.54, 1.807) is 12.1 Å². The highest BCUT2D eigenvalue weighted by molar-refractivity contribution is 6.32. The van der Waals surface area contributed by atoms with Crippen molar-refractivity contribution in [3.63, 3.8) is 0 Å². The van der Waals surface area contributed by atoms with Crippen molar-refractivity contribution in [2.24, 2.45) is 0 Å². The summed E-state index contributed by atoms with van der Waals surface area (Å²) in [5.74, 6) is 1.30. The van der Waals surface area contributed by atoms with Gasteiger partial charge in [-0.1, -0.05) is 17.7 Å². The van der Waals surface area contributed by atoms with Gasteiger partial charge >= 0.3 is 6.18 Å². The molecule has 0 amide bonds. The number of alkyl halides is 3. The van der Waals surface area contributed by atoms with E-state index in [0.717, 1.165) is 62.2 Å². The van der Waals surface area contributed by atoms with E-state index in [0.29, 0.717) is 48.4 Å². The van der Waals surface area contributed by atoms with E-state index in [1.807, 2.05) is 17.0 Å². The van der Waals surface area contributed by atoms with E-state index < -0.39 is 11.7 Å². The lowest BCUT2D eigenvalue weighted by molar-refractivity contribution is -0.137. The van der Waals surface area contributed by atoms with E-state index in [4.69, 9.17) is 16.3 Å². The van der Waals surface area contributed by atoms with Gasteiger partial charge in [0.05, 0.1) is 29.4 Å². The Labute approximate surface area is 225 Å². The largest absolute Gasteiger partial charge is 0.492 e. The molecule has 202 valence electrons. The zero-order valence-electron chi connectivity index (χ0n) is 20.9. The van der Waals surface area contributed by atoms with Gasteiger partial charge < -0.3 is 25.2 Å². The number of aromatic nitrogens is 2. The minimum Gasteiger partial charge on any atom is -0.492 e. The number of rotatable bonds is 8. The average molecular weight is 547 g/mol. The fraction of sp³-hybridized carbons (Fsp3) is 0.407. The van der Waals surface area contributed by atoms with Crippen molar-refractivity contribution in [2.75, 3.05) is 56.1 Å². The normalized spacial score (nSPS) is 16.3. The molecule has 2 aromatic carbocycles. The number of nitrogens with zero attached hydrogens (tertiary/aromatic N) is 4. The Bertz CT molecular complexity index is 1250. The lowest BCUT2D eigenvalue weighted by atomic mass is 10.0. The van der Waals surface area contributed by atoms with E-state index >= 15 is 0 Å². The van der Waals surface area contributed by atoms with Crippen molar-refractivity contribution in [1.82, 2.24) is 20.2 Å². The first kappa shape index (κ1) is 26.5. The van der Waals surface area contributed by atoms with E-state index in [1.165, 1.54) is 18.5 Å². The SMILES string of the molecule is FC(F)(F)c1cccc(N2CCc3c(ncnc3Nc3ccc(OCCCN4CCNCC4)c(Cl)c3)C2)c1. The first-order chi connectivity index (χ1) is 18.4. The quantitative estimate of drug-likeness (QED) is 0.380. The van der Waals surface area contributed by atoms with Crippen molar-refractivity contribution in [1.29, 1.82) is 0 Å². The van der Waals surface area contributed by atoms with Crippen LogP contribution in [0.2, 0.25) is 5.02 Å². The Morgan fingerprint density at radius 2 is 1.89 bits per heavy atom. The fourth-order valence-electron chi connectivity index (χ4n) is 4.80. The highest BCUT2D eigenvalue weighted by Crippen LogP contribution is 2.34. The number of halogens is 4. The summed E-state index contributed by atoms with van der Waals surface area (Å²) < 4.78 is 45.4. The smallest absolute Gasteiger partial charge is 0.416 e. The number of fused-ring (bicyclic) bond motifs is 1. The molecule has 0 spiro atoms. The molecule has 3 heterocycles. The van der Waals surface area contributed by atoms with Gasteiger partial charge in [-0.2, -0.15) is 13.2 Å². The van der Waals surface area contributed by atoms with Gasteiger partial charge in [0, 0.05) is 56.2 Å². The Balaban J connectivity index is 1.20. The lowest BCUT2D eigenvalue weighted by Crippen LogP contribution is -2.43. The second-order valence-corrected chi connectivity index (χ2v) is 9.84. The van der Waals surface area contributed by atoms with E-state index in [-0.39, 0.29) is 0 Å². The molecule has 1 saturated heterocycles. The van der Waals surface area contributed by atoms with Crippen LogP contribution in [0.15, 0.2) is 48.8 Å². The molecule has 1 fully saturated rings. The highest BCUT2D eigenvalue weighted by Gasteiger charge is 2.31. The molecule has 0 saturated carbocycles. The predicted molar refractivity (Wildman–Crippen MR) is 142 cm³/mol. The first-order valence-electron chi connectivity index (χ1n) is 12.7. The highest BCUT2D eigenvalue weighted by atomic mass is 35.5. The molecule has 38 heavy (non-hydrogen) atoms. The van der Waals surface area contributed by atoms with Crippen molar-refractivity contribution >= 4 is 28.8 Å². The molecule has 0 bridgehead atoms. The number of piperazine rings is 1. The van der Waals surface area contributed by atoms with Gasteiger partial charge in [0.2, 0.25) is 0 Å². The number of benzene rings is 2. The molecule has 0 aliphatic carbocycles. The van der Waals surface area contributed by atoms with E-state index in [9.17, 15) is 13.2 Å². The van der Waals surface area contributed by atoms with Gasteiger partial charge in [-0.15, -0.1) is 0 Å². The van der Waals surface area contributed by atoms with Gasteiger partial charge in [0.15, 0.2) is 0 Å². The topological polar surface area (TPSA) is 65.5 Å². The van der Waals surface area contributed by atoms with Gasteiger partial charge in [0.1, 0.15) is 17.9 Å². The average Bonchev–Trinajstić information content (AvgIpc) is 2.92. The van der Waals surface area contributed by atoms with E-state index in [2.05, 4.69) is 25.5 Å². The lowest BCUT2D eigenvalue weighted by Gasteiger charge is -2.31. The predicted octanol–water partition coefficient (Wildman–Crippen LogP) is 5.13. The Morgan fingerprint density at radius 1 is 1.05 bits per heavy atom. The first-order valence-corrected chi connectivity index (χ1v) is 13.1. The maximum atomic E-state index is 13.2. The van der Waals surface area contributed by atoms with Crippen LogP contribution in [0.4, 0.5) is 30.4 Å². The van der Waals surface area contributed by atoms with Crippen LogP contribution in [0.25, 0.3) is 0 Å². The maximum absolute atomic E-state index is 13.2. The van der Waals surface area contributed by atoms with Crippen molar-refractivity contribution < 1.29 is 17.9 Å². The number of nitrogens with one attached hydrogen (secondary N) is 2.